The molecule has 0 rings (SSSR count). The number of aliphatic carboxylic acids is 4. The first-order valence-electron chi connectivity index (χ1n) is 4.53. The van der Waals surface area contributed by atoms with E-state index in [1.165, 1.54) is 0 Å². The summed E-state index contributed by atoms with van der Waals surface area (Å²) in [5, 5.41) is 36.6. The van der Waals surface area contributed by atoms with Crippen LogP contribution in [0, 0.1) is 0 Å². The van der Waals surface area contributed by atoms with Gasteiger partial charge in [0.15, 0.2) is 19.6 Å². The fraction of sp³-hybridized carbons (Fsp3) is 0.333. The number of carbonyl (C=O) groups is 4. The van der Waals surface area contributed by atoms with Gasteiger partial charge in [0.2, 0.25) is 0 Å². The first kappa shape index (κ1) is 34.0. The molecule has 0 unspecified atom stereocenters. The van der Waals surface area contributed by atoms with Crippen molar-refractivity contribution in [3.63, 3.8) is 0 Å². The maximum Gasteiger partial charge on any atom is 1.00 e. The summed E-state index contributed by atoms with van der Waals surface area (Å²) < 4.78 is -1.34. The van der Waals surface area contributed by atoms with Gasteiger partial charge < -0.3 is 35.7 Å². The Morgan fingerprint density at radius 1 is 0.864 bits per heavy atom. The van der Waals surface area contributed by atoms with E-state index in [0.29, 0.717) is 0 Å². The van der Waals surface area contributed by atoms with Gasteiger partial charge in [-0.3, -0.25) is 4.48 Å². The largest absolute Gasteiger partial charge is 1.00 e. The van der Waals surface area contributed by atoms with Gasteiger partial charge in [-0.05, 0) is 6.58 Å². The minimum absolute atomic E-state index is 0. The average Bonchev–Trinajstić information content (AvgIpc) is 2.12. The van der Waals surface area contributed by atoms with Crippen molar-refractivity contribution in [1.82, 2.24) is 6.15 Å². The quantitative estimate of drug-likeness (QED) is 0.187. The van der Waals surface area contributed by atoms with Crippen molar-refractivity contribution in [1.29, 1.82) is 0 Å². The van der Waals surface area contributed by atoms with E-state index in [1.807, 2.05) is 0 Å². The Morgan fingerprint density at radius 3 is 1.23 bits per heavy atom. The van der Waals surface area contributed by atoms with Gasteiger partial charge in [0.25, 0.3) is 0 Å². The predicted molar refractivity (Wildman–Crippen MR) is 60.3 cm³/mol. The smallest absolute Gasteiger partial charge is 1.00 e. The van der Waals surface area contributed by atoms with E-state index >= 15 is 0 Å². The van der Waals surface area contributed by atoms with Gasteiger partial charge in [-0.2, -0.15) is 0 Å². The van der Waals surface area contributed by atoms with Crippen LogP contribution < -0.4 is 99.9 Å². The molecular formula is C9H17N2Na3O8. The third-order valence-corrected chi connectivity index (χ3v) is 2.12. The van der Waals surface area contributed by atoms with Crippen LogP contribution in [0.5, 0.6) is 0 Å². The minimum atomic E-state index is -1.90. The van der Waals surface area contributed by atoms with Crippen LogP contribution in [0.3, 0.4) is 0 Å². The summed E-state index contributed by atoms with van der Waals surface area (Å²) in [6.45, 7) is -0.103. The summed E-state index contributed by atoms with van der Waals surface area (Å²) in [6, 6.07) is 0. The van der Waals surface area contributed by atoms with Gasteiger partial charge in [-0.25, -0.2) is 14.4 Å². The van der Waals surface area contributed by atoms with E-state index in [1.54, 1.807) is 0 Å². The molecule has 0 aliphatic heterocycles. The Labute approximate surface area is 197 Å². The summed E-state index contributed by atoms with van der Waals surface area (Å²) in [6.07, 6.45) is 0. The van der Waals surface area contributed by atoms with Gasteiger partial charge in [0, 0.05) is 0 Å². The van der Waals surface area contributed by atoms with Crippen LogP contribution in [-0.2, 0) is 19.2 Å². The van der Waals surface area contributed by atoms with Crippen LogP contribution in [-0.4, -0.2) is 63.3 Å². The molecule has 0 aliphatic carbocycles. The van der Waals surface area contributed by atoms with Crippen molar-refractivity contribution in [2.45, 2.75) is 0 Å². The summed E-state index contributed by atoms with van der Waals surface area (Å²) >= 11 is 0. The number of carbonyl (C=O) groups excluding carboxylic acids is 1. The van der Waals surface area contributed by atoms with Crippen molar-refractivity contribution in [3.05, 3.63) is 12.3 Å². The van der Waals surface area contributed by atoms with Crippen molar-refractivity contribution < 1.29 is 137 Å². The number of rotatable bonds is 8. The molecule has 0 heterocycles. The van der Waals surface area contributed by atoms with E-state index in [2.05, 4.69) is 6.58 Å². The van der Waals surface area contributed by atoms with Crippen LogP contribution in [0.25, 0.3) is 0 Å². The third-order valence-electron chi connectivity index (χ3n) is 2.12. The normalized spacial score (nSPS) is 8.73. The Kier molecular flexibility index (Phi) is 23.3. The molecule has 0 saturated carbocycles. The molecule has 6 N–H and O–H groups in total. The van der Waals surface area contributed by atoms with Gasteiger partial charge in [-0.1, -0.05) is 0 Å². The van der Waals surface area contributed by atoms with Gasteiger partial charge in [0.05, 0.1) is 0 Å². The van der Waals surface area contributed by atoms with Crippen LogP contribution in [0.2, 0.25) is 0 Å². The first-order chi connectivity index (χ1) is 8.10. The number of hydrogen-bond acceptors (Lipinski definition) is 6. The fourth-order valence-corrected chi connectivity index (χ4v) is 1.42. The zero-order chi connectivity index (χ0) is 14.5. The number of carboxylic acids is 4. The molecule has 0 aromatic rings. The average molecular weight is 350 g/mol. The first-order valence-corrected chi connectivity index (χ1v) is 4.53. The second-order valence-electron chi connectivity index (χ2n) is 3.53. The molecule has 10 nitrogen and oxygen atoms in total. The molecule has 22 heavy (non-hydrogen) atoms. The van der Waals surface area contributed by atoms with Crippen molar-refractivity contribution >= 4 is 23.9 Å². The van der Waals surface area contributed by atoms with Crippen molar-refractivity contribution in [3.8, 4) is 0 Å². The number of hydrogen-bond donors (Lipinski definition) is 4. The summed E-state index contributed by atoms with van der Waals surface area (Å²) in [5.41, 5.74) is -0.915. The third kappa shape index (κ3) is 12.0. The Bertz CT molecular complexity index is 402. The van der Waals surface area contributed by atoms with Crippen molar-refractivity contribution in [2.75, 3.05) is 19.6 Å². The van der Waals surface area contributed by atoms with E-state index in [0.717, 1.165) is 0 Å². The van der Waals surface area contributed by atoms with Gasteiger partial charge in [-0.15, -0.1) is 0 Å². The van der Waals surface area contributed by atoms with Crippen molar-refractivity contribution in [2.24, 2.45) is 0 Å². The standard InChI is InChI=1S/C9H11NO8.H3N.3Na.3H/c1-5(9(17)18)10(2-6(11)12,3-7(13)14)4-8(15)16;;;;;;;/h1-4H2,(H3-,11,12,13,14,15,16,17,18);1H3;;;;;;/q;;3*+1;3*-1. The maximum atomic E-state index is 10.7. The topological polar surface area (TPSA) is 187 Å². The summed E-state index contributed by atoms with van der Waals surface area (Å²) in [4.78, 5) is 42.6. The maximum absolute atomic E-state index is 10.7. The SMILES string of the molecule is C=C(C(=O)[O-])[N+](CC(=O)O)(CC(=O)O)CC(=O)O.N.[H-].[H-].[H-].[Na+].[Na+].[Na+]. The number of quaternary nitrogens is 1. The second-order valence-corrected chi connectivity index (χ2v) is 3.53. The molecule has 0 bridgehead atoms. The Hall–Kier alpha value is 0.540. The molecule has 13 heteroatoms. The minimum Gasteiger partial charge on any atom is -1.00 e. The molecule has 0 radical (unpaired) electrons. The van der Waals surface area contributed by atoms with E-state index in [4.69, 9.17) is 15.3 Å². The molecule has 0 aliphatic rings. The Balaban J connectivity index is -0.0000000688. The summed E-state index contributed by atoms with van der Waals surface area (Å²) in [5.74, 6) is -6.57. The zero-order valence-electron chi connectivity index (χ0n) is 15.9. The number of nitrogens with zero attached hydrogens (tertiary/aromatic N) is 1. The van der Waals surface area contributed by atoms with Gasteiger partial charge >= 0.3 is 107 Å². The molecule has 0 aromatic heterocycles. The van der Waals surface area contributed by atoms with E-state index < -0.39 is 53.7 Å². The van der Waals surface area contributed by atoms with Crippen LogP contribution in [0.4, 0.5) is 0 Å². The van der Waals surface area contributed by atoms with Crippen LogP contribution in [0.15, 0.2) is 12.3 Å². The fourth-order valence-electron chi connectivity index (χ4n) is 1.42. The summed E-state index contributed by atoms with van der Waals surface area (Å²) in [7, 11) is 0. The van der Waals surface area contributed by atoms with Crippen LogP contribution >= 0.6 is 0 Å². The van der Waals surface area contributed by atoms with Crippen LogP contribution in [0.1, 0.15) is 4.28 Å². The molecule has 114 valence electrons. The molecular weight excluding hydrogens is 333 g/mol. The second kappa shape index (κ2) is 15.1. The molecule has 0 spiro atoms. The van der Waals surface area contributed by atoms with Gasteiger partial charge in [0.1, 0.15) is 11.7 Å². The molecule has 0 saturated heterocycles. The van der Waals surface area contributed by atoms with E-state index in [9.17, 15) is 24.3 Å². The zero-order valence-corrected chi connectivity index (χ0v) is 18.9. The van der Waals surface area contributed by atoms with E-state index in [-0.39, 0.29) is 99.1 Å². The molecule has 0 atom stereocenters. The molecule has 0 aromatic carbocycles. The molecule has 0 amide bonds. The molecule has 0 fully saturated rings. The Morgan fingerprint density at radius 2 is 1.09 bits per heavy atom. The monoisotopic (exact) mass is 350 g/mol. The number of carboxylic acid groups (broad SMARTS) is 4. The predicted octanol–water partition coefficient (Wildman–Crippen LogP) is -11.2.